The molecule has 94 valence electrons. The van der Waals surface area contributed by atoms with Gasteiger partial charge in [0, 0.05) is 18.6 Å². The summed E-state index contributed by atoms with van der Waals surface area (Å²) in [6.07, 6.45) is 5.28. The van der Waals surface area contributed by atoms with Crippen molar-refractivity contribution in [3.05, 3.63) is 0 Å². The summed E-state index contributed by atoms with van der Waals surface area (Å²) in [5.74, 6) is 0.658. The van der Waals surface area contributed by atoms with Crippen LogP contribution < -0.4 is 5.32 Å². The van der Waals surface area contributed by atoms with Crippen molar-refractivity contribution < 1.29 is 0 Å². The Labute approximate surface area is 106 Å². The molecule has 1 fully saturated rings. The van der Waals surface area contributed by atoms with Gasteiger partial charge in [0.25, 0.3) is 0 Å². The number of nitrogens with one attached hydrogen (secondary N) is 1. The zero-order valence-electron chi connectivity index (χ0n) is 11.1. The summed E-state index contributed by atoms with van der Waals surface area (Å²) in [5.41, 5.74) is 0. The van der Waals surface area contributed by atoms with Gasteiger partial charge in [-0.05, 0) is 44.8 Å². The second-order valence-electron chi connectivity index (χ2n) is 5.57. The molecule has 0 aromatic carbocycles. The third kappa shape index (κ3) is 4.28. The van der Waals surface area contributed by atoms with Crippen molar-refractivity contribution >= 4 is 17.3 Å². The standard InChI is InChI=1S/C13H26N2S/c1-10(2)9-15(11(3)4)13(16)14-12-7-5-6-8-12/h10-12H,5-9H2,1-4H3,(H,14,16). The Morgan fingerprint density at radius 2 is 1.81 bits per heavy atom. The second kappa shape index (κ2) is 6.43. The van der Waals surface area contributed by atoms with Crippen molar-refractivity contribution in [3.8, 4) is 0 Å². The fraction of sp³-hybridized carbons (Fsp3) is 0.923. The molecular formula is C13H26N2S. The first-order chi connectivity index (χ1) is 7.50. The predicted molar refractivity (Wildman–Crippen MR) is 74.7 cm³/mol. The lowest BCUT2D eigenvalue weighted by molar-refractivity contribution is 0.303. The van der Waals surface area contributed by atoms with E-state index in [9.17, 15) is 0 Å². The molecule has 0 saturated heterocycles. The highest BCUT2D eigenvalue weighted by Crippen LogP contribution is 2.18. The molecule has 0 amide bonds. The monoisotopic (exact) mass is 242 g/mol. The molecule has 1 saturated carbocycles. The fourth-order valence-corrected chi connectivity index (χ4v) is 2.70. The van der Waals surface area contributed by atoms with Crippen molar-refractivity contribution in [1.29, 1.82) is 0 Å². The average molecular weight is 242 g/mol. The Morgan fingerprint density at radius 3 is 2.25 bits per heavy atom. The zero-order chi connectivity index (χ0) is 12.1. The zero-order valence-corrected chi connectivity index (χ0v) is 11.9. The first-order valence-electron chi connectivity index (χ1n) is 6.57. The highest BCUT2D eigenvalue weighted by molar-refractivity contribution is 7.80. The normalized spacial score (nSPS) is 17.1. The van der Waals surface area contributed by atoms with Crippen LogP contribution in [0.2, 0.25) is 0 Å². The van der Waals surface area contributed by atoms with Crippen LogP contribution in [0.1, 0.15) is 53.4 Å². The highest BCUT2D eigenvalue weighted by atomic mass is 32.1. The molecule has 2 nitrogen and oxygen atoms in total. The smallest absolute Gasteiger partial charge is 0.169 e. The fourth-order valence-electron chi connectivity index (χ4n) is 2.25. The molecule has 1 rings (SSSR count). The van der Waals surface area contributed by atoms with E-state index in [-0.39, 0.29) is 0 Å². The molecule has 0 aromatic heterocycles. The van der Waals surface area contributed by atoms with E-state index in [1.165, 1.54) is 25.7 Å². The topological polar surface area (TPSA) is 15.3 Å². The van der Waals surface area contributed by atoms with E-state index in [0.717, 1.165) is 11.7 Å². The molecule has 0 spiro atoms. The lowest BCUT2D eigenvalue weighted by Crippen LogP contribution is -2.48. The molecule has 0 bridgehead atoms. The summed E-state index contributed by atoms with van der Waals surface area (Å²) >= 11 is 5.52. The van der Waals surface area contributed by atoms with Gasteiger partial charge < -0.3 is 10.2 Å². The largest absolute Gasteiger partial charge is 0.360 e. The Morgan fingerprint density at radius 1 is 1.25 bits per heavy atom. The van der Waals surface area contributed by atoms with Crippen molar-refractivity contribution in [2.75, 3.05) is 6.54 Å². The Balaban J connectivity index is 2.46. The third-order valence-electron chi connectivity index (χ3n) is 3.13. The van der Waals surface area contributed by atoms with E-state index >= 15 is 0 Å². The van der Waals surface area contributed by atoms with Crippen molar-refractivity contribution in [3.63, 3.8) is 0 Å². The summed E-state index contributed by atoms with van der Waals surface area (Å²) in [6.45, 7) is 9.97. The van der Waals surface area contributed by atoms with Crippen LogP contribution in [0.4, 0.5) is 0 Å². The van der Waals surface area contributed by atoms with E-state index < -0.39 is 0 Å². The molecule has 1 aliphatic rings. The van der Waals surface area contributed by atoms with Gasteiger partial charge in [0.15, 0.2) is 5.11 Å². The molecule has 0 aromatic rings. The summed E-state index contributed by atoms with van der Waals surface area (Å²) in [5, 5.41) is 4.48. The maximum atomic E-state index is 5.52. The van der Waals surface area contributed by atoms with Gasteiger partial charge in [-0.1, -0.05) is 26.7 Å². The Hall–Kier alpha value is -0.310. The maximum absolute atomic E-state index is 5.52. The van der Waals surface area contributed by atoms with Crippen molar-refractivity contribution in [2.45, 2.75) is 65.5 Å². The molecular weight excluding hydrogens is 216 g/mol. The minimum atomic E-state index is 0.490. The Kier molecular flexibility index (Phi) is 5.53. The van der Waals surface area contributed by atoms with Gasteiger partial charge in [-0.25, -0.2) is 0 Å². The summed E-state index contributed by atoms with van der Waals surface area (Å²) in [4.78, 5) is 2.32. The summed E-state index contributed by atoms with van der Waals surface area (Å²) in [6, 6.07) is 1.12. The molecule has 0 unspecified atom stereocenters. The molecule has 0 radical (unpaired) electrons. The first-order valence-corrected chi connectivity index (χ1v) is 6.98. The predicted octanol–water partition coefficient (Wildman–Crippen LogP) is 3.17. The minimum absolute atomic E-state index is 0.490. The quantitative estimate of drug-likeness (QED) is 0.762. The Bertz CT molecular complexity index is 220. The van der Waals surface area contributed by atoms with Crippen LogP contribution in [0.15, 0.2) is 0 Å². The summed E-state index contributed by atoms with van der Waals surface area (Å²) < 4.78 is 0. The van der Waals surface area contributed by atoms with E-state index in [4.69, 9.17) is 12.2 Å². The first kappa shape index (κ1) is 13.8. The lowest BCUT2D eigenvalue weighted by atomic mass is 10.2. The van der Waals surface area contributed by atoms with E-state index in [1.807, 2.05) is 0 Å². The van der Waals surface area contributed by atoms with Gasteiger partial charge in [-0.3, -0.25) is 0 Å². The number of hydrogen-bond acceptors (Lipinski definition) is 1. The second-order valence-corrected chi connectivity index (χ2v) is 5.96. The SMILES string of the molecule is CC(C)CN(C(=S)NC1CCCC1)C(C)C. The van der Waals surface area contributed by atoms with Gasteiger partial charge >= 0.3 is 0 Å². The number of nitrogens with zero attached hydrogens (tertiary/aromatic N) is 1. The molecule has 0 aliphatic heterocycles. The van der Waals surface area contributed by atoms with Crippen LogP contribution >= 0.6 is 12.2 Å². The molecule has 3 heteroatoms. The van der Waals surface area contributed by atoms with Crippen LogP contribution in [0.25, 0.3) is 0 Å². The minimum Gasteiger partial charge on any atom is -0.360 e. The molecule has 0 atom stereocenters. The van der Waals surface area contributed by atoms with Crippen molar-refractivity contribution in [2.24, 2.45) is 5.92 Å². The molecule has 16 heavy (non-hydrogen) atoms. The molecule has 0 heterocycles. The average Bonchev–Trinajstić information content (AvgIpc) is 2.65. The van der Waals surface area contributed by atoms with Gasteiger partial charge in [-0.2, -0.15) is 0 Å². The maximum Gasteiger partial charge on any atom is 0.169 e. The van der Waals surface area contributed by atoms with Gasteiger partial charge in [-0.15, -0.1) is 0 Å². The van der Waals surface area contributed by atoms with Crippen LogP contribution in [-0.4, -0.2) is 28.6 Å². The van der Waals surface area contributed by atoms with E-state index in [0.29, 0.717) is 18.0 Å². The molecule has 1 aliphatic carbocycles. The number of thiocarbonyl (C=S) groups is 1. The van der Waals surface area contributed by atoms with Gasteiger partial charge in [0.1, 0.15) is 0 Å². The van der Waals surface area contributed by atoms with Crippen LogP contribution in [0.3, 0.4) is 0 Å². The van der Waals surface area contributed by atoms with Crippen LogP contribution in [-0.2, 0) is 0 Å². The summed E-state index contributed by atoms with van der Waals surface area (Å²) in [7, 11) is 0. The van der Waals surface area contributed by atoms with Crippen molar-refractivity contribution in [1.82, 2.24) is 10.2 Å². The van der Waals surface area contributed by atoms with E-state index in [1.54, 1.807) is 0 Å². The highest BCUT2D eigenvalue weighted by Gasteiger charge is 2.20. The molecule has 1 N–H and O–H groups in total. The number of rotatable bonds is 4. The van der Waals surface area contributed by atoms with Gasteiger partial charge in [0.05, 0.1) is 0 Å². The van der Waals surface area contributed by atoms with Crippen LogP contribution in [0, 0.1) is 5.92 Å². The number of hydrogen-bond donors (Lipinski definition) is 1. The lowest BCUT2D eigenvalue weighted by Gasteiger charge is -2.32. The van der Waals surface area contributed by atoms with Crippen LogP contribution in [0.5, 0.6) is 0 Å². The third-order valence-corrected chi connectivity index (χ3v) is 3.48. The van der Waals surface area contributed by atoms with Gasteiger partial charge in [0.2, 0.25) is 0 Å². The van der Waals surface area contributed by atoms with E-state index in [2.05, 4.69) is 37.9 Å².